The summed E-state index contributed by atoms with van der Waals surface area (Å²) in [7, 11) is 0. The number of hydrogen-bond acceptors (Lipinski definition) is 1. The van der Waals surface area contributed by atoms with E-state index < -0.39 is 0 Å². The van der Waals surface area contributed by atoms with Crippen LogP contribution in [0, 0.1) is 17.8 Å². The Bertz CT molecular complexity index is 210. The van der Waals surface area contributed by atoms with Gasteiger partial charge in [0.25, 0.3) is 0 Å². The van der Waals surface area contributed by atoms with Crippen LogP contribution in [0.25, 0.3) is 0 Å². The molecule has 0 heterocycles. The van der Waals surface area contributed by atoms with E-state index in [1.165, 1.54) is 64.5 Å². The van der Waals surface area contributed by atoms with Crippen LogP contribution in [-0.2, 0) is 0 Å². The van der Waals surface area contributed by atoms with Crippen molar-refractivity contribution in [2.24, 2.45) is 17.8 Å². The van der Waals surface area contributed by atoms with Gasteiger partial charge in [0.2, 0.25) is 0 Å². The molecule has 0 aliphatic heterocycles. The van der Waals surface area contributed by atoms with E-state index in [4.69, 9.17) is 0 Å². The molecule has 1 N–H and O–H groups in total. The molecule has 1 aliphatic rings. The Morgan fingerprint density at radius 1 is 1.22 bits per heavy atom. The molecule has 0 amide bonds. The molecule has 0 aromatic carbocycles. The quantitative estimate of drug-likeness (QED) is 0.459. The molecule has 0 bridgehead atoms. The first-order valence-electron chi connectivity index (χ1n) is 8.13. The van der Waals surface area contributed by atoms with Gasteiger partial charge in [0.05, 0.1) is 0 Å². The Labute approximate surface area is 114 Å². The number of hydrogen-bond donors (Lipinski definition) is 1. The third-order valence-electron chi connectivity index (χ3n) is 4.64. The van der Waals surface area contributed by atoms with Crippen LogP contribution in [0.15, 0.2) is 12.7 Å². The standard InChI is InChI=1S/C17H33N/c1-4-7-8-9-16-13-15(6-3)10-11-17(16)14-18-12-5-2/h4,15-18H,1,5-14H2,2-3H3. The maximum atomic E-state index is 3.84. The Balaban J connectivity index is 2.37. The second-order valence-corrected chi connectivity index (χ2v) is 6.03. The van der Waals surface area contributed by atoms with Gasteiger partial charge in [0, 0.05) is 0 Å². The summed E-state index contributed by atoms with van der Waals surface area (Å²) in [5.41, 5.74) is 0. The predicted octanol–water partition coefficient (Wildman–Crippen LogP) is 4.78. The Hall–Kier alpha value is -0.300. The van der Waals surface area contributed by atoms with E-state index in [2.05, 4.69) is 31.8 Å². The Morgan fingerprint density at radius 2 is 2.06 bits per heavy atom. The Morgan fingerprint density at radius 3 is 2.72 bits per heavy atom. The van der Waals surface area contributed by atoms with E-state index in [1.54, 1.807) is 0 Å². The third-order valence-corrected chi connectivity index (χ3v) is 4.64. The summed E-state index contributed by atoms with van der Waals surface area (Å²) >= 11 is 0. The first kappa shape index (κ1) is 15.8. The number of unbranched alkanes of at least 4 members (excludes halogenated alkanes) is 1. The normalized spacial score (nSPS) is 28.2. The molecule has 3 atom stereocenters. The SMILES string of the molecule is C=CCCCC1CC(CC)CCC1CNCCC. The highest BCUT2D eigenvalue weighted by Gasteiger charge is 2.28. The molecule has 0 saturated heterocycles. The van der Waals surface area contributed by atoms with Crippen LogP contribution < -0.4 is 5.32 Å². The zero-order valence-electron chi connectivity index (χ0n) is 12.6. The van der Waals surface area contributed by atoms with Crippen LogP contribution in [0.1, 0.15) is 65.2 Å². The average Bonchev–Trinajstić information content (AvgIpc) is 2.40. The lowest BCUT2D eigenvalue weighted by atomic mass is 9.71. The van der Waals surface area contributed by atoms with Crippen molar-refractivity contribution >= 4 is 0 Å². The van der Waals surface area contributed by atoms with Gasteiger partial charge in [-0.1, -0.05) is 32.8 Å². The summed E-state index contributed by atoms with van der Waals surface area (Å²) in [6.45, 7) is 10.9. The summed E-state index contributed by atoms with van der Waals surface area (Å²) < 4.78 is 0. The van der Waals surface area contributed by atoms with E-state index in [-0.39, 0.29) is 0 Å². The molecule has 1 fully saturated rings. The predicted molar refractivity (Wildman–Crippen MR) is 81.8 cm³/mol. The molecule has 1 nitrogen and oxygen atoms in total. The lowest BCUT2D eigenvalue weighted by Crippen LogP contribution is -2.33. The lowest BCUT2D eigenvalue weighted by Gasteiger charge is -2.36. The van der Waals surface area contributed by atoms with Gasteiger partial charge < -0.3 is 5.32 Å². The summed E-state index contributed by atoms with van der Waals surface area (Å²) in [4.78, 5) is 0. The molecule has 0 aromatic heterocycles. The van der Waals surface area contributed by atoms with Crippen molar-refractivity contribution < 1.29 is 0 Å². The smallest absolute Gasteiger partial charge is 0.00179 e. The van der Waals surface area contributed by atoms with Gasteiger partial charge in [-0.3, -0.25) is 0 Å². The number of allylic oxidation sites excluding steroid dienone is 1. The van der Waals surface area contributed by atoms with Gasteiger partial charge in [-0.05, 0) is 69.4 Å². The first-order valence-corrected chi connectivity index (χ1v) is 8.13. The monoisotopic (exact) mass is 251 g/mol. The molecule has 18 heavy (non-hydrogen) atoms. The molecular formula is C17H33N. The zero-order valence-corrected chi connectivity index (χ0v) is 12.6. The van der Waals surface area contributed by atoms with Crippen molar-refractivity contribution in [1.29, 1.82) is 0 Å². The highest BCUT2D eigenvalue weighted by atomic mass is 14.9. The Kier molecular flexibility index (Phi) is 8.41. The molecule has 1 aliphatic carbocycles. The van der Waals surface area contributed by atoms with Gasteiger partial charge >= 0.3 is 0 Å². The fourth-order valence-corrected chi connectivity index (χ4v) is 3.41. The molecule has 0 radical (unpaired) electrons. The molecule has 3 unspecified atom stereocenters. The minimum Gasteiger partial charge on any atom is -0.316 e. The number of rotatable bonds is 9. The van der Waals surface area contributed by atoms with Gasteiger partial charge in [-0.15, -0.1) is 6.58 Å². The molecular weight excluding hydrogens is 218 g/mol. The largest absolute Gasteiger partial charge is 0.316 e. The number of nitrogens with one attached hydrogen (secondary N) is 1. The van der Waals surface area contributed by atoms with Crippen LogP contribution in [0.3, 0.4) is 0 Å². The van der Waals surface area contributed by atoms with Crippen molar-refractivity contribution in [3.63, 3.8) is 0 Å². The summed E-state index contributed by atoms with van der Waals surface area (Å²) in [6.07, 6.45) is 13.1. The molecule has 0 spiro atoms. The van der Waals surface area contributed by atoms with Crippen LogP contribution in [-0.4, -0.2) is 13.1 Å². The first-order chi connectivity index (χ1) is 8.81. The van der Waals surface area contributed by atoms with Crippen molar-refractivity contribution in [3.05, 3.63) is 12.7 Å². The van der Waals surface area contributed by atoms with Gasteiger partial charge in [0.1, 0.15) is 0 Å². The zero-order chi connectivity index (χ0) is 13.2. The summed E-state index contributed by atoms with van der Waals surface area (Å²) in [5.74, 6) is 2.90. The van der Waals surface area contributed by atoms with Crippen molar-refractivity contribution in [3.8, 4) is 0 Å². The maximum absolute atomic E-state index is 3.84. The van der Waals surface area contributed by atoms with Crippen molar-refractivity contribution in [2.45, 2.75) is 65.2 Å². The second-order valence-electron chi connectivity index (χ2n) is 6.03. The van der Waals surface area contributed by atoms with E-state index in [0.29, 0.717) is 0 Å². The summed E-state index contributed by atoms with van der Waals surface area (Å²) in [6, 6.07) is 0. The highest BCUT2D eigenvalue weighted by molar-refractivity contribution is 4.82. The van der Waals surface area contributed by atoms with Gasteiger partial charge in [0.15, 0.2) is 0 Å². The van der Waals surface area contributed by atoms with Gasteiger partial charge in [-0.2, -0.15) is 0 Å². The maximum Gasteiger partial charge on any atom is -0.00179 e. The van der Waals surface area contributed by atoms with Crippen LogP contribution in [0.4, 0.5) is 0 Å². The molecule has 106 valence electrons. The van der Waals surface area contributed by atoms with Crippen LogP contribution in [0.5, 0.6) is 0 Å². The van der Waals surface area contributed by atoms with E-state index in [0.717, 1.165) is 17.8 Å². The van der Waals surface area contributed by atoms with E-state index >= 15 is 0 Å². The fourth-order valence-electron chi connectivity index (χ4n) is 3.41. The average molecular weight is 251 g/mol. The minimum atomic E-state index is 0.934. The van der Waals surface area contributed by atoms with Crippen molar-refractivity contribution in [1.82, 2.24) is 5.32 Å². The topological polar surface area (TPSA) is 12.0 Å². The molecule has 0 aromatic rings. The molecule has 1 rings (SSSR count). The van der Waals surface area contributed by atoms with E-state index in [1.807, 2.05) is 0 Å². The highest BCUT2D eigenvalue weighted by Crippen LogP contribution is 2.37. The lowest BCUT2D eigenvalue weighted by molar-refractivity contribution is 0.161. The van der Waals surface area contributed by atoms with Gasteiger partial charge in [-0.25, -0.2) is 0 Å². The second kappa shape index (κ2) is 9.61. The molecule has 1 saturated carbocycles. The minimum absolute atomic E-state index is 0.934. The van der Waals surface area contributed by atoms with Crippen molar-refractivity contribution in [2.75, 3.05) is 13.1 Å². The molecule has 1 heteroatoms. The fraction of sp³-hybridized carbons (Fsp3) is 0.882. The van der Waals surface area contributed by atoms with Crippen LogP contribution in [0.2, 0.25) is 0 Å². The summed E-state index contributed by atoms with van der Waals surface area (Å²) in [5, 5.41) is 3.64. The van der Waals surface area contributed by atoms with Crippen LogP contribution >= 0.6 is 0 Å². The third kappa shape index (κ3) is 5.56. The van der Waals surface area contributed by atoms with E-state index in [9.17, 15) is 0 Å².